The van der Waals surface area contributed by atoms with Crippen LogP contribution in [0.3, 0.4) is 0 Å². The van der Waals surface area contributed by atoms with Crippen molar-refractivity contribution in [2.45, 2.75) is 0 Å². The van der Waals surface area contributed by atoms with Crippen LogP contribution in [0, 0.1) is 5.82 Å². The number of amides is 1. The Balaban J connectivity index is 1.83. The smallest absolute Gasteiger partial charge is 0.292 e. The molecule has 5 rings (SSSR count). The predicted octanol–water partition coefficient (Wildman–Crippen LogP) is 2.71. The molecule has 4 N–H and O–H groups in total. The van der Waals surface area contributed by atoms with E-state index in [9.17, 15) is 9.18 Å². The van der Waals surface area contributed by atoms with Crippen LogP contribution < -0.4 is 11.3 Å². The fraction of sp³-hybridized carbons (Fsp3) is 0. The van der Waals surface area contributed by atoms with Crippen LogP contribution in [0.4, 0.5) is 4.39 Å². The molecule has 0 aliphatic heterocycles. The van der Waals surface area contributed by atoms with E-state index in [1.54, 1.807) is 35.3 Å². The molecule has 0 saturated heterocycles. The molecule has 0 aliphatic carbocycles. The first-order chi connectivity index (χ1) is 14.1. The van der Waals surface area contributed by atoms with Crippen molar-refractivity contribution < 1.29 is 9.18 Å². The molecular weight excluding hydrogens is 373 g/mol. The summed E-state index contributed by atoms with van der Waals surface area (Å²) < 4.78 is 15.6. The quantitative estimate of drug-likeness (QED) is 0.250. The number of halogens is 1. The van der Waals surface area contributed by atoms with Crippen LogP contribution in [0.1, 0.15) is 10.6 Å². The van der Waals surface area contributed by atoms with Crippen molar-refractivity contribution >= 4 is 27.8 Å². The van der Waals surface area contributed by atoms with E-state index in [0.29, 0.717) is 16.7 Å². The number of carbonyl (C=O) groups is 1. The fourth-order valence-corrected chi connectivity index (χ4v) is 3.34. The molecule has 0 unspecified atom stereocenters. The third-order valence-corrected chi connectivity index (χ3v) is 4.65. The number of pyridine rings is 1. The zero-order chi connectivity index (χ0) is 20.0. The highest BCUT2D eigenvalue weighted by Gasteiger charge is 2.17. The molecule has 0 atom stereocenters. The molecule has 3 heterocycles. The topological polar surface area (TPSA) is 115 Å². The number of aromatic nitrogens is 5. The predicted molar refractivity (Wildman–Crippen MR) is 106 cm³/mol. The third-order valence-electron chi connectivity index (χ3n) is 4.65. The molecule has 9 heteroatoms. The van der Waals surface area contributed by atoms with Crippen LogP contribution in [0.5, 0.6) is 0 Å². The van der Waals surface area contributed by atoms with Gasteiger partial charge in [0.2, 0.25) is 5.82 Å². The highest BCUT2D eigenvalue weighted by Crippen LogP contribution is 2.32. The van der Waals surface area contributed by atoms with Crippen molar-refractivity contribution in [2.24, 2.45) is 5.84 Å². The van der Waals surface area contributed by atoms with Crippen molar-refractivity contribution in [3.8, 4) is 16.9 Å². The number of aromatic amines is 1. The van der Waals surface area contributed by atoms with Crippen LogP contribution in [0.15, 0.2) is 60.9 Å². The Morgan fingerprint density at radius 2 is 1.83 bits per heavy atom. The summed E-state index contributed by atoms with van der Waals surface area (Å²) >= 11 is 0. The molecule has 5 aromatic rings. The second kappa shape index (κ2) is 6.50. The first-order valence-electron chi connectivity index (χ1n) is 8.73. The van der Waals surface area contributed by atoms with Gasteiger partial charge in [0.15, 0.2) is 0 Å². The molecule has 0 fully saturated rings. The van der Waals surface area contributed by atoms with Gasteiger partial charge in [-0.2, -0.15) is 0 Å². The number of nitrogens with two attached hydrogens (primary N) is 1. The number of carbonyl (C=O) groups excluding carboxylic acids is 1. The monoisotopic (exact) mass is 387 g/mol. The van der Waals surface area contributed by atoms with Gasteiger partial charge in [0.05, 0.1) is 27.9 Å². The first kappa shape index (κ1) is 17.0. The van der Waals surface area contributed by atoms with Gasteiger partial charge >= 0.3 is 5.91 Å². The number of nitrogens with zero attached hydrogens (tertiary/aromatic N) is 4. The Morgan fingerprint density at radius 3 is 2.55 bits per heavy atom. The second-order valence-electron chi connectivity index (χ2n) is 6.42. The van der Waals surface area contributed by atoms with Gasteiger partial charge in [0.1, 0.15) is 5.82 Å². The number of hydrazine groups is 1. The van der Waals surface area contributed by atoms with Crippen LogP contribution in [-0.2, 0) is 0 Å². The van der Waals surface area contributed by atoms with Gasteiger partial charge in [0.25, 0.3) is 0 Å². The minimum atomic E-state index is -0.570. The average Bonchev–Trinajstić information content (AvgIpc) is 3.33. The normalized spacial score (nSPS) is 11.2. The lowest BCUT2D eigenvalue weighted by Crippen LogP contribution is -2.30. The van der Waals surface area contributed by atoms with Crippen molar-refractivity contribution in [1.82, 2.24) is 30.2 Å². The molecule has 29 heavy (non-hydrogen) atoms. The van der Waals surface area contributed by atoms with E-state index in [1.165, 1.54) is 12.1 Å². The van der Waals surface area contributed by atoms with Crippen molar-refractivity contribution in [3.63, 3.8) is 0 Å². The molecule has 8 nitrogen and oxygen atoms in total. The summed E-state index contributed by atoms with van der Waals surface area (Å²) in [4.78, 5) is 24.4. The van der Waals surface area contributed by atoms with E-state index in [0.717, 1.165) is 22.2 Å². The highest BCUT2D eigenvalue weighted by atomic mass is 19.1. The van der Waals surface area contributed by atoms with Crippen molar-refractivity contribution in [2.75, 3.05) is 0 Å². The number of nitrogen functional groups attached to an aromatic ring is 1. The van der Waals surface area contributed by atoms with Crippen molar-refractivity contribution in [1.29, 1.82) is 0 Å². The molecule has 0 saturated carbocycles. The zero-order valence-electron chi connectivity index (χ0n) is 14.9. The molecule has 3 aromatic heterocycles. The van der Waals surface area contributed by atoms with Gasteiger partial charge in [-0.05, 0) is 42.5 Å². The van der Waals surface area contributed by atoms with Gasteiger partial charge in [-0.15, -0.1) is 0 Å². The molecule has 0 spiro atoms. The minimum absolute atomic E-state index is 0.0121. The summed E-state index contributed by atoms with van der Waals surface area (Å²) in [5.74, 6) is 4.26. The number of rotatable bonds is 3. The Hall–Kier alpha value is -4.11. The van der Waals surface area contributed by atoms with E-state index in [-0.39, 0.29) is 11.6 Å². The maximum atomic E-state index is 13.9. The summed E-state index contributed by atoms with van der Waals surface area (Å²) in [6, 6.07) is 13.6. The standard InChI is InChI=1S/C20H14FN7O/c21-12-2-1-3-13(8-12)28-17-10-16-15(24-19(25-16)20(29)26-22)9-14(17)18(27-28)11-4-6-23-7-5-11/h1-10,27H,22H2,(H,26,29). The number of fused-ring (bicyclic) bond motifs is 2. The number of benzene rings is 2. The lowest BCUT2D eigenvalue weighted by atomic mass is 10.1. The third kappa shape index (κ3) is 2.80. The molecule has 0 aliphatic rings. The van der Waals surface area contributed by atoms with Gasteiger partial charge in [-0.25, -0.2) is 20.2 Å². The summed E-state index contributed by atoms with van der Waals surface area (Å²) in [5, 5.41) is 4.17. The Kier molecular flexibility index (Phi) is 3.81. The Labute approximate surface area is 163 Å². The minimum Gasteiger partial charge on any atom is -0.292 e. The average molecular weight is 387 g/mol. The summed E-state index contributed by atoms with van der Waals surface area (Å²) in [6.07, 6.45) is 3.39. The number of H-pyrrole nitrogens is 1. The largest absolute Gasteiger partial charge is 0.302 e. The molecule has 142 valence electrons. The highest BCUT2D eigenvalue weighted by molar-refractivity contribution is 6.03. The summed E-state index contributed by atoms with van der Waals surface area (Å²) in [6.45, 7) is 0. The maximum absolute atomic E-state index is 13.9. The maximum Gasteiger partial charge on any atom is 0.302 e. The fourth-order valence-electron chi connectivity index (χ4n) is 3.34. The van der Waals surface area contributed by atoms with Crippen LogP contribution in [0.2, 0.25) is 0 Å². The van der Waals surface area contributed by atoms with E-state index in [2.05, 4.69) is 20.1 Å². The zero-order valence-corrected chi connectivity index (χ0v) is 14.9. The summed E-state index contributed by atoms with van der Waals surface area (Å²) in [7, 11) is 0. The SMILES string of the molecule is NNC(=O)c1nc2cc3c(-c4ccncc4)[nH]n(-c4cccc(F)c4)c3cc2n1. The van der Waals surface area contributed by atoms with E-state index < -0.39 is 5.91 Å². The van der Waals surface area contributed by atoms with Gasteiger partial charge < -0.3 is 0 Å². The molecule has 1 amide bonds. The lowest BCUT2D eigenvalue weighted by molar-refractivity contribution is 0.0944. The van der Waals surface area contributed by atoms with Crippen LogP contribution in [0.25, 0.3) is 38.9 Å². The lowest BCUT2D eigenvalue weighted by Gasteiger charge is -2.05. The molecule has 0 bridgehead atoms. The van der Waals surface area contributed by atoms with E-state index in [4.69, 9.17) is 5.84 Å². The van der Waals surface area contributed by atoms with Crippen LogP contribution in [-0.4, -0.2) is 30.6 Å². The van der Waals surface area contributed by atoms with Gasteiger partial charge in [0, 0.05) is 23.3 Å². The van der Waals surface area contributed by atoms with Crippen LogP contribution >= 0.6 is 0 Å². The first-order valence-corrected chi connectivity index (χ1v) is 8.73. The van der Waals surface area contributed by atoms with E-state index in [1.807, 2.05) is 23.6 Å². The van der Waals surface area contributed by atoms with Gasteiger partial charge in [-0.3, -0.25) is 25.0 Å². The van der Waals surface area contributed by atoms with E-state index >= 15 is 0 Å². The van der Waals surface area contributed by atoms with Gasteiger partial charge in [-0.1, -0.05) is 6.07 Å². The van der Waals surface area contributed by atoms with Crippen molar-refractivity contribution in [3.05, 3.63) is 72.6 Å². The number of imidazole rings is 1. The Bertz CT molecular complexity index is 1370. The molecule has 0 radical (unpaired) electrons. The molecule has 2 aromatic carbocycles. The summed E-state index contributed by atoms with van der Waals surface area (Å²) in [5.41, 5.74) is 6.20. The number of nitrogens with one attached hydrogen (secondary N) is 2. The Morgan fingerprint density at radius 1 is 1.07 bits per heavy atom. The second-order valence-corrected chi connectivity index (χ2v) is 6.42. The number of hydrogen-bond acceptors (Lipinski definition) is 5. The number of hydrogen-bond donors (Lipinski definition) is 3. The molecular formula is C20H14FN7O.